The molecule has 0 spiro atoms. The molecule has 0 unspecified atom stereocenters. The van der Waals surface area contributed by atoms with Gasteiger partial charge in [-0.25, -0.2) is 14.8 Å². The Balaban J connectivity index is 1.25. The van der Waals surface area contributed by atoms with Gasteiger partial charge in [0.15, 0.2) is 5.69 Å². The van der Waals surface area contributed by atoms with Crippen molar-refractivity contribution in [2.24, 2.45) is 5.10 Å². The first-order valence-electron chi connectivity index (χ1n) is 12.7. The molecule has 0 radical (unpaired) electrons. The maximum atomic E-state index is 13.1. The monoisotopic (exact) mass is 538 g/mol. The van der Waals surface area contributed by atoms with E-state index in [-0.39, 0.29) is 17.3 Å². The number of aromatic nitrogens is 5. The zero-order valence-electron chi connectivity index (χ0n) is 21.5. The summed E-state index contributed by atoms with van der Waals surface area (Å²) in [6.45, 7) is 5.44. The average molecular weight is 539 g/mol. The summed E-state index contributed by atoms with van der Waals surface area (Å²) in [6, 6.07) is 7.08. The highest BCUT2D eigenvalue weighted by Gasteiger charge is 2.28. The zero-order chi connectivity index (χ0) is 27.2. The fourth-order valence-corrected chi connectivity index (χ4v) is 4.46. The van der Waals surface area contributed by atoms with Gasteiger partial charge >= 0.3 is 6.09 Å². The third-order valence-corrected chi connectivity index (χ3v) is 6.70. The van der Waals surface area contributed by atoms with Crippen molar-refractivity contribution in [2.75, 3.05) is 38.6 Å². The number of nitrogen functional groups attached to an aromatic ring is 1. The minimum Gasteiger partial charge on any atom is -0.410 e. The fourth-order valence-electron chi connectivity index (χ4n) is 4.46. The summed E-state index contributed by atoms with van der Waals surface area (Å²) in [5, 5.41) is 19.7. The Kier molecular flexibility index (Phi) is 8.07. The van der Waals surface area contributed by atoms with E-state index in [9.17, 15) is 9.59 Å². The number of benzene rings is 1. The number of piperidine rings is 1. The van der Waals surface area contributed by atoms with Crippen molar-refractivity contribution in [2.45, 2.75) is 38.8 Å². The Labute approximate surface area is 223 Å². The summed E-state index contributed by atoms with van der Waals surface area (Å²) in [4.78, 5) is 29.1. The standard InChI is InChI=1S/C24H30N10O5/c1-16-4-2-3-9-33(16)15-19-20(27-31-34(19)22-21(25)29-39-30-22)23(35)28-26-14-17-5-7-18(8-6-17)38-24(36)32-10-12-37-13-11-32/h5-8,14,16H,2-4,9-13,15H2,1H3,(H2,25,29)(H,28,35)/b26-14+/t16-/m0/s1. The summed E-state index contributed by atoms with van der Waals surface area (Å²) < 4.78 is 16.8. The highest BCUT2D eigenvalue weighted by molar-refractivity contribution is 5.94. The number of carbonyl (C=O) groups excluding carboxylic acids is 2. The van der Waals surface area contributed by atoms with Crippen molar-refractivity contribution in [1.82, 2.24) is 40.5 Å². The van der Waals surface area contributed by atoms with Crippen LogP contribution in [-0.2, 0) is 11.3 Å². The number of hydrogen-bond donors (Lipinski definition) is 2. The van der Waals surface area contributed by atoms with E-state index in [4.69, 9.17) is 19.8 Å². The van der Waals surface area contributed by atoms with Gasteiger partial charge in [0.2, 0.25) is 11.6 Å². The molecular formula is C24H30N10O5. The number of carbonyl (C=O) groups is 2. The van der Waals surface area contributed by atoms with Crippen LogP contribution in [0.25, 0.3) is 5.82 Å². The molecule has 2 aromatic heterocycles. The second-order valence-corrected chi connectivity index (χ2v) is 9.32. The van der Waals surface area contributed by atoms with Gasteiger partial charge in [-0.3, -0.25) is 9.69 Å². The number of morpholine rings is 1. The number of hydrogen-bond acceptors (Lipinski definition) is 12. The number of amides is 2. The van der Waals surface area contributed by atoms with Gasteiger partial charge in [-0.2, -0.15) is 9.78 Å². The maximum Gasteiger partial charge on any atom is 0.415 e. The normalized spacial score (nSPS) is 18.4. The predicted molar refractivity (Wildman–Crippen MR) is 137 cm³/mol. The number of hydrazone groups is 1. The summed E-state index contributed by atoms with van der Waals surface area (Å²) >= 11 is 0. The smallest absolute Gasteiger partial charge is 0.410 e. The lowest BCUT2D eigenvalue weighted by Gasteiger charge is -2.33. The second-order valence-electron chi connectivity index (χ2n) is 9.32. The average Bonchev–Trinajstić information content (AvgIpc) is 3.57. The van der Waals surface area contributed by atoms with Gasteiger partial charge < -0.3 is 20.1 Å². The van der Waals surface area contributed by atoms with Crippen LogP contribution in [-0.4, -0.2) is 92.2 Å². The largest absolute Gasteiger partial charge is 0.415 e. The molecule has 3 N–H and O–H groups in total. The molecule has 206 valence electrons. The van der Waals surface area contributed by atoms with Gasteiger partial charge in [0.1, 0.15) is 5.75 Å². The number of nitrogens with two attached hydrogens (primary N) is 1. The van der Waals surface area contributed by atoms with Crippen LogP contribution in [0.3, 0.4) is 0 Å². The quantitative estimate of drug-likeness (QED) is 0.326. The van der Waals surface area contributed by atoms with E-state index in [0.717, 1.165) is 25.8 Å². The third-order valence-electron chi connectivity index (χ3n) is 6.70. The lowest BCUT2D eigenvalue weighted by molar-refractivity contribution is 0.0416. The molecule has 2 fully saturated rings. The van der Waals surface area contributed by atoms with E-state index < -0.39 is 12.0 Å². The third kappa shape index (κ3) is 6.21. The first kappa shape index (κ1) is 26.2. The molecular weight excluding hydrogens is 508 g/mol. The van der Waals surface area contributed by atoms with Gasteiger partial charge in [-0.05, 0) is 66.5 Å². The molecule has 3 aromatic rings. The van der Waals surface area contributed by atoms with Crippen molar-refractivity contribution in [1.29, 1.82) is 0 Å². The van der Waals surface area contributed by atoms with Crippen LogP contribution < -0.4 is 15.9 Å². The van der Waals surface area contributed by atoms with Crippen LogP contribution in [0.15, 0.2) is 34.0 Å². The summed E-state index contributed by atoms with van der Waals surface area (Å²) in [5.41, 5.74) is 9.67. The van der Waals surface area contributed by atoms with E-state index in [0.29, 0.717) is 55.9 Å². The van der Waals surface area contributed by atoms with Crippen molar-refractivity contribution in [3.8, 4) is 11.6 Å². The van der Waals surface area contributed by atoms with Crippen molar-refractivity contribution in [3.63, 3.8) is 0 Å². The molecule has 1 atom stereocenters. The van der Waals surface area contributed by atoms with Gasteiger partial charge in [-0.1, -0.05) is 11.6 Å². The lowest BCUT2D eigenvalue weighted by atomic mass is 10.0. The van der Waals surface area contributed by atoms with E-state index in [1.54, 1.807) is 29.2 Å². The summed E-state index contributed by atoms with van der Waals surface area (Å²) in [5.74, 6) is 0.0711. The van der Waals surface area contributed by atoms with Crippen molar-refractivity contribution >= 4 is 24.0 Å². The Morgan fingerprint density at radius 2 is 1.97 bits per heavy atom. The summed E-state index contributed by atoms with van der Waals surface area (Å²) in [7, 11) is 0. The number of anilines is 1. The lowest BCUT2D eigenvalue weighted by Crippen LogP contribution is -2.42. The molecule has 39 heavy (non-hydrogen) atoms. The molecule has 1 aromatic carbocycles. The van der Waals surface area contributed by atoms with Gasteiger partial charge in [-0.15, -0.1) is 5.10 Å². The van der Waals surface area contributed by atoms with Gasteiger partial charge in [0.05, 0.1) is 25.1 Å². The Hall–Kier alpha value is -4.37. The maximum absolute atomic E-state index is 13.1. The topological polar surface area (TPSA) is 179 Å². The molecule has 5 rings (SSSR count). The predicted octanol–water partition coefficient (Wildman–Crippen LogP) is 1.20. The number of ether oxygens (including phenoxy) is 2. The number of nitrogens with one attached hydrogen (secondary N) is 1. The Bertz CT molecular complexity index is 1320. The first-order valence-corrected chi connectivity index (χ1v) is 12.7. The van der Waals surface area contributed by atoms with Crippen molar-refractivity contribution in [3.05, 3.63) is 41.2 Å². The minimum atomic E-state index is -0.539. The Morgan fingerprint density at radius 3 is 2.69 bits per heavy atom. The van der Waals surface area contributed by atoms with E-state index in [1.807, 2.05) is 0 Å². The molecule has 15 nitrogen and oxygen atoms in total. The molecule has 0 aliphatic carbocycles. The number of rotatable bonds is 7. The molecule has 0 saturated carbocycles. The molecule has 0 bridgehead atoms. The van der Waals surface area contributed by atoms with Crippen molar-refractivity contribution < 1.29 is 23.7 Å². The summed E-state index contributed by atoms with van der Waals surface area (Å²) in [6.07, 6.45) is 4.34. The van der Waals surface area contributed by atoms with Crippen LogP contribution in [0.4, 0.5) is 10.6 Å². The highest BCUT2D eigenvalue weighted by Crippen LogP contribution is 2.23. The minimum absolute atomic E-state index is 0.0388. The van der Waals surface area contributed by atoms with Gasteiger partial charge in [0.25, 0.3) is 5.91 Å². The number of nitrogens with zero attached hydrogens (tertiary/aromatic N) is 8. The van der Waals surface area contributed by atoms with E-state index in [1.165, 1.54) is 10.9 Å². The first-order chi connectivity index (χ1) is 19.0. The molecule has 15 heteroatoms. The van der Waals surface area contributed by atoms with Crippen LogP contribution in [0.2, 0.25) is 0 Å². The number of likely N-dealkylation sites (tertiary alicyclic amines) is 1. The van der Waals surface area contributed by atoms with Crippen LogP contribution in [0.1, 0.15) is 47.9 Å². The fraction of sp³-hybridized carbons (Fsp3) is 0.458. The molecule has 2 aliphatic heterocycles. The van der Waals surface area contributed by atoms with Crippen LogP contribution in [0.5, 0.6) is 5.75 Å². The molecule has 4 heterocycles. The zero-order valence-corrected chi connectivity index (χ0v) is 21.5. The van der Waals surface area contributed by atoms with E-state index in [2.05, 4.69) is 43.0 Å². The SMILES string of the molecule is C[C@H]1CCCCN1Cc1c(C(=O)N/N=C/c2ccc(OC(=O)N3CCOCC3)cc2)nnn1-c1nonc1N. The Morgan fingerprint density at radius 1 is 1.18 bits per heavy atom. The molecule has 2 amide bonds. The molecule has 2 aliphatic rings. The molecule has 2 saturated heterocycles. The van der Waals surface area contributed by atoms with E-state index >= 15 is 0 Å². The second kappa shape index (κ2) is 12.0. The van der Waals surface area contributed by atoms with Crippen LogP contribution in [0, 0.1) is 0 Å². The van der Waals surface area contributed by atoms with Gasteiger partial charge in [0, 0.05) is 25.7 Å². The van der Waals surface area contributed by atoms with Crippen LogP contribution >= 0.6 is 0 Å². The highest BCUT2D eigenvalue weighted by atomic mass is 16.6.